The predicted octanol–water partition coefficient (Wildman–Crippen LogP) is 4.61. The van der Waals surface area contributed by atoms with E-state index in [9.17, 15) is 5.21 Å². The molecule has 0 aromatic rings. The number of thioether (sulfide) groups is 1. The highest BCUT2D eigenvalue weighted by Crippen LogP contribution is 2.35. The largest absolute Gasteiger partial charge is 0.411 e. The lowest BCUT2D eigenvalue weighted by Gasteiger charge is -2.27. The number of hydrogen-bond donors (Lipinski definition) is 1. The van der Waals surface area contributed by atoms with Gasteiger partial charge in [-0.15, -0.1) is 11.8 Å². The van der Waals surface area contributed by atoms with Crippen molar-refractivity contribution < 1.29 is 5.21 Å². The van der Waals surface area contributed by atoms with Gasteiger partial charge in [-0.2, -0.15) is 0 Å². The summed E-state index contributed by atoms with van der Waals surface area (Å²) in [6.45, 7) is 0. The first kappa shape index (κ1) is 13.3. The van der Waals surface area contributed by atoms with Crippen molar-refractivity contribution in [3.63, 3.8) is 0 Å². The standard InChI is InChI=1S/C14H25NOS/c16-15-13-10-6-1-2-7-11-14(13)17-12-8-4-3-5-9-12/h12,14,16H,1-11H2/b15-13-/t14-/m0/s1. The Morgan fingerprint density at radius 3 is 2.29 bits per heavy atom. The Morgan fingerprint density at radius 1 is 0.882 bits per heavy atom. The minimum absolute atomic E-state index is 0.503. The van der Waals surface area contributed by atoms with Gasteiger partial charge in [-0.05, 0) is 32.1 Å². The molecule has 2 aliphatic rings. The molecule has 0 amide bonds. The molecular weight excluding hydrogens is 230 g/mol. The topological polar surface area (TPSA) is 32.6 Å². The van der Waals surface area contributed by atoms with Crippen molar-refractivity contribution in [3.8, 4) is 0 Å². The van der Waals surface area contributed by atoms with Gasteiger partial charge in [-0.25, -0.2) is 0 Å². The molecule has 17 heavy (non-hydrogen) atoms. The van der Waals surface area contributed by atoms with Crippen molar-refractivity contribution in [2.24, 2.45) is 5.16 Å². The molecule has 2 rings (SSSR count). The van der Waals surface area contributed by atoms with Gasteiger partial charge in [-0.1, -0.05) is 43.7 Å². The summed E-state index contributed by atoms with van der Waals surface area (Å²) in [5.74, 6) is 0. The summed E-state index contributed by atoms with van der Waals surface area (Å²) in [5, 5.41) is 14.1. The highest BCUT2D eigenvalue weighted by Gasteiger charge is 2.24. The fourth-order valence-corrected chi connectivity index (χ4v) is 4.71. The molecule has 3 heteroatoms. The van der Waals surface area contributed by atoms with E-state index in [0.29, 0.717) is 5.25 Å². The molecule has 0 bridgehead atoms. The van der Waals surface area contributed by atoms with Gasteiger partial charge in [0.15, 0.2) is 0 Å². The summed E-state index contributed by atoms with van der Waals surface area (Å²) in [6, 6.07) is 0. The monoisotopic (exact) mass is 255 g/mol. The van der Waals surface area contributed by atoms with Crippen LogP contribution in [0.5, 0.6) is 0 Å². The van der Waals surface area contributed by atoms with Crippen LogP contribution in [0, 0.1) is 0 Å². The third kappa shape index (κ3) is 4.20. The van der Waals surface area contributed by atoms with E-state index in [2.05, 4.69) is 16.9 Å². The van der Waals surface area contributed by atoms with Gasteiger partial charge in [0, 0.05) is 10.5 Å². The van der Waals surface area contributed by atoms with E-state index in [-0.39, 0.29) is 0 Å². The van der Waals surface area contributed by atoms with Crippen molar-refractivity contribution in [1.82, 2.24) is 0 Å². The van der Waals surface area contributed by atoms with Crippen LogP contribution in [-0.2, 0) is 0 Å². The average molecular weight is 255 g/mol. The lowest BCUT2D eigenvalue weighted by Crippen LogP contribution is -2.23. The second-order valence-electron chi connectivity index (χ2n) is 5.43. The Labute approximate surface area is 109 Å². The van der Waals surface area contributed by atoms with Gasteiger partial charge >= 0.3 is 0 Å². The van der Waals surface area contributed by atoms with Crippen LogP contribution in [0.15, 0.2) is 5.16 Å². The van der Waals surface area contributed by atoms with Crippen molar-refractivity contribution in [3.05, 3.63) is 0 Å². The van der Waals surface area contributed by atoms with Crippen LogP contribution in [0.3, 0.4) is 0 Å². The maximum absolute atomic E-state index is 9.18. The van der Waals surface area contributed by atoms with Crippen LogP contribution in [0.25, 0.3) is 0 Å². The highest BCUT2D eigenvalue weighted by atomic mass is 32.2. The molecule has 0 heterocycles. The molecule has 2 saturated carbocycles. The van der Waals surface area contributed by atoms with Crippen LogP contribution in [0.4, 0.5) is 0 Å². The third-order valence-electron chi connectivity index (χ3n) is 4.06. The molecular formula is C14H25NOS. The minimum atomic E-state index is 0.503. The highest BCUT2D eigenvalue weighted by molar-refractivity contribution is 8.01. The zero-order chi connectivity index (χ0) is 11.9. The molecule has 1 atom stereocenters. The number of hydrogen-bond acceptors (Lipinski definition) is 3. The normalized spacial score (nSPS) is 31.1. The van der Waals surface area contributed by atoms with Gasteiger partial charge < -0.3 is 5.21 Å². The summed E-state index contributed by atoms with van der Waals surface area (Å²) in [6.07, 6.45) is 14.4. The van der Waals surface area contributed by atoms with E-state index in [1.165, 1.54) is 64.2 Å². The molecule has 0 aromatic heterocycles. The molecule has 98 valence electrons. The Balaban J connectivity index is 1.89. The van der Waals surface area contributed by atoms with Crippen molar-refractivity contribution in [2.45, 2.75) is 81.1 Å². The van der Waals surface area contributed by atoms with Crippen LogP contribution in [0.1, 0.15) is 70.6 Å². The molecule has 0 unspecified atom stereocenters. The van der Waals surface area contributed by atoms with Crippen LogP contribution in [-0.4, -0.2) is 21.4 Å². The average Bonchev–Trinajstić information content (AvgIpc) is 2.34. The number of nitrogens with zero attached hydrogens (tertiary/aromatic N) is 1. The molecule has 0 aliphatic heterocycles. The van der Waals surface area contributed by atoms with Crippen LogP contribution in [0.2, 0.25) is 0 Å². The first-order valence-corrected chi connectivity index (χ1v) is 8.20. The molecule has 2 nitrogen and oxygen atoms in total. The molecule has 0 aromatic carbocycles. The SMILES string of the molecule is O/N=C1/CCCCCC[C@@H]1SC1CCCCC1. The summed E-state index contributed by atoms with van der Waals surface area (Å²) >= 11 is 2.11. The van der Waals surface area contributed by atoms with E-state index in [4.69, 9.17) is 0 Å². The van der Waals surface area contributed by atoms with Gasteiger partial charge in [0.2, 0.25) is 0 Å². The molecule has 1 N–H and O–H groups in total. The number of oxime groups is 1. The summed E-state index contributed by atoms with van der Waals surface area (Å²) < 4.78 is 0. The molecule has 0 spiro atoms. The van der Waals surface area contributed by atoms with Gasteiger partial charge in [0.05, 0.1) is 5.71 Å². The van der Waals surface area contributed by atoms with E-state index in [0.717, 1.165) is 17.4 Å². The van der Waals surface area contributed by atoms with Crippen molar-refractivity contribution in [2.75, 3.05) is 0 Å². The maximum Gasteiger partial charge on any atom is 0.0700 e. The lowest BCUT2D eigenvalue weighted by molar-refractivity contribution is 0.315. The van der Waals surface area contributed by atoms with E-state index in [1.54, 1.807) is 0 Å². The van der Waals surface area contributed by atoms with E-state index in [1.807, 2.05) is 0 Å². The van der Waals surface area contributed by atoms with Gasteiger partial charge in [0.1, 0.15) is 0 Å². The zero-order valence-corrected chi connectivity index (χ0v) is 11.6. The Hall–Kier alpha value is -0.180. The zero-order valence-electron chi connectivity index (χ0n) is 10.7. The fourth-order valence-electron chi connectivity index (χ4n) is 3.01. The Bertz CT molecular complexity index is 249. The Morgan fingerprint density at radius 2 is 1.53 bits per heavy atom. The van der Waals surface area contributed by atoms with Crippen LogP contribution >= 0.6 is 11.8 Å². The van der Waals surface area contributed by atoms with E-state index >= 15 is 0 Å². The first-order valence-electron chi connectivity index (χ1n) is 7.26. The molecule has 0 radical (unpaired) electrons. The third-order valence-corrected chi connectivity index (χ3v) is 5.75. The predicted molar refractivity (Wildman–Crippen MR) is 75.2 cm³/mol. The number of rotatable bonds is 2. The van der Waals surface area contributed by atoms with Crippen LogP contribution < -0.4 is 0 Å². The lowest BCUT2D eigenvalue weighted by atomic mass is 9.99. The summed E-state index contributed by atoms with van der Waals surface area (Å²) in [4.78, 5) is 0. The molecule has 0 saturated heterocycles. The minimum Gasteiger partial charge on any atom is -0.411 e. The summed E-state index contributed by atoms with van der Waals surface area (Å²) in [7, 11) is 0. The second-order valence-corrected chi connectivity index (χ2v) is 6.94. The fraction of sp³-hybridized carbons (Fsp3) is 0.929. The Kier molecular flexibility index (Phi) is 5.69. The van der Waals surface area contributed by atoms with Gasteiger partial charge in [-0.3, -0.25) is 0 Å². The van der Waals surface area contributed by atoms with E-state index < -0.39 is 0 Å². The quantitative estimate of drug-likeness (QED) is 0.577. The maximum atomic E-state index is 9.18. The van der Waals surface area contributed by atoms with Crippen molar-refractivity contribution in [1.29, 1.82) is 0 Å². The first-order chi connectivity index (χ1) is 8.40. The summed E-state index contributed by atoms with van der Waals surface area (Å²) in [5.41, 5.74) is 1.07. The molecule has 2 fully saturated rings. The van der Waals surface area contributed by atoms with Crippen molar-refractivity contribution >= 4 is 17.5 Å². The smallest absolute Gasteiger partial charge is 0.0700 e. The molecule has 2 aliphatic carbocycles. The second kappa shape index (κ2) is 7.30. The van der Waals surface area contributed by atoms with Gasteiger partial charge in [0.25, 0.3) is 0 Å².